The van der Waals surface area contributed by atoms with Crippen LogP contribution in [0.4, 0.5) is 0 Å². The molecule has 0 aliphatic heterocycles. The van der Waals surface area contributed by atoms with Crippen molar-refractivity contribution in [1.82, 2.24) is 0 Å². The lowest BCUT2D eigenvalue weighted by Crippen LogP contribution is -1.98. The summed E-state index contributed by atoms with van der Waals surface area (Å²) in [6.45, 7) is 0.823. The van der Waals surface area contributed by atoms with Crippen molar-refractivity contribution in [3.05, 3.63) is 48.0 Å². The molecular formula is C14H17O4P. The van der Waals surface area contributed by atoms with Crippen molar-refractivity contribution >= 4 is 18.4 Å². The molecule has 0 unspecified atom stereocenters. The second-order valence-corrected chi connectivity index (χ2v) is 6.25. The van der Waals surface area contributed by atoms with E-state index in [1.165, 1.54) is 10.8 Å². The molecule has 2 N–H and O–H groups in total. The average molecular weight is 280 g/mol. The monoisotopic (exact) mass is 280 g/mol. The number of rotatable bonds is 6. The Morgan fingerprint density at radius 1 is 1.05 bits per heavy atom. The molecule has 4 nitrogen and oxygen atoms in total. The van der Waals surface area contributed by atoms with Crippen LogP contribution in [0.15, 0.2) is 42.5 Å². The highest BCUT2D eigenvalue weighted by molar-refractivity contribution is 7.51. The fraction of sp³-hybridized carbons (Fsp3) is 0.286. The summed E-state index contributed by atoms with van der Waals surface area (Å²) in [5.41, 5.74) is 1.06. The van der Waals surface area contributed by atoms with Gasteiger partial charge in [0.2, 0.25) is 0 Å². The van der Waals surface area contributed by atoms with Gasteiger partial charge >= 0.3 is 7.60 Å². The molecular weight excluding hydrogens is 263 g/mol. The molecule has 2 aromatic carbocycles. The van der Waals surface area contributed by atoms with E-state index in [0.717, 1.165) is 5.56 Å². The summed E-state index contributed by atoms with van der Waals surface area (Å²) in [5, 5.41) is 2.35. The van der Waals surface area contributed by atoms with Crippen molar-refractivity contribution in [2.45, 2.75) is 13.0 Å². The Bertz CT molecular complexity index is 591. The number of fused-ring (bicyclic) bond motifs is 1. The molecule has 2 aromatic rings. The van der Waals surface area contributed by atoms with E-state index in [-0.39, 0.29) is 6.16 Å². The summed E-state index contributed by atoms with van der Waals surface area (Å²) in [5.74, 6) is 0. The fourth-order valence-corrected chi connectivity index (χ4v) is 2.43. The summed E-state index contributed by atoms with van der Waals surface area (Å²) < 4.78 is 16.1. The highest BCUT2D eigenvalue weighted by atomic mass is 31.2. The largest absolute Gasteiger partial charge is 0.377 e. The van der Waals surface area contributed by atoms with Crippen LogP contribution in [0.5, 0.6) is 0 Å². The van der Waals surface area contributed by atoms with E-state index in [4.69, 9.17) is 14.5 Å². The lowest BCUT2D eigenvalue weighted by atomic mass is 10.1. The van der Waals surface area contributed by atoms with Crippen molar-refractivity contribution in [2.75, 3.05) is 12.8 Å². The van der Waals surface area contributed by atoms with E-state index in [2.05, 4.69) is 12.1 Å². The number of hydrogen-bond donors (Lipinski definition) is 2. The highest BCUT2D eigenvalue weighted by Crippen LogP contribution is 2.34. The number of hydrogen-bond acceptors (Lipinski definition) is 2. The maximum absolute atomic E-state index is 10.6. The van der Waals surface area contributed by atoms with E-state index >= 15 is 0 Å². The van der Waals surface area contributed by atoms with Crippen molar-refractivity contribution in [2.24, 2.45) is 0 Å². The molecule has 0 fully saturated rings. The van der Waals surface area contributed by atoms with Gasteiger partial charge in [-0.2, -0.15) is 0 Å². The Morgan fingerprint density at radius 3 is 2.53 bits per heavy atom. The quantitative estimate of drug-likeness (QED) is 0.630. The zero-order chi connectivity index (χ0) is 13.7. The first-order valence-electron chi connectivity index (χ1n) is 6.15. The smallest absolute Gasteiger partial charge is 0.325 e. The summed E-state index contributed by atoms with van der Waals surface area (Å²) >= 11 is 0. The molecule has 0 aliphatic rings. The van der Waals surface area contributed by atoms with Crippen molar-refractivity contribution in [3.63, 3.8) is 0 Å². The molecule has 0 saturated carbocycles. The molecule has 0 amide bonds. The normalized spacial score (nSPS) is 11.9. The first-order chi connectivity index (χ1) is 9.04. The van der Waals surface area contributed by atoms with Crippen LogP contribution in [0.2, 0.25) is 0 Å². The predicted molar refractivity (Wildman–Crippen MR) is 75.1 cm³/mol. The zero-order valence-corrected chi connectivity index (χ0v) is 11.4. The first kappa shape index (κ1) is 14.2. The maximum Gasteiger partial charge on any atom is 0.325 e. The highest BCUT2D eigenvalue weighted by Gasteiger charge is 2.11. The van der Waals surface area contributed by atoms with Gasteiger partial charge in [0.1, 0.15) is 0 Å². The lowest BCUT2D eigenvalue weighted by molar-refractivity contribution is 0.121. The summed E-state index contributed by atoms with van der Waals surface area (Å²) in [4.78, 5) is 17.4. The molecule has 0 heterocycles. The van der Waals surface area contributed by atoms with Gasteiger partial charge in [0.25, 0.3) is 0 Å². The second-order valence-electron chi connectivity index (χ2n) is 4.48. The van der Waals surface area contributed by atoms with Gasteiger partial charge in [-0.05, 0) is 28.8 Å². The zero-order valence-electron chi connectivity index (χ0n) is 10.5. The molecule has 102 valence electrons. The third-order valence-electron chi connectivity index (χ3n) is 2.82. The van der Waals surface area contributed by atoms with Crippen LogP contribution < -0.4 is 0 Å². The van der Waals surface area contributed by atoms with Crippen LogP contribution in [0.25, 0.3) is 10.8 Å². The first-order valence-corrected chi connectivity index (χ1v) is 7.94. The van der Waals surface area contributed by atoms with Gasteiger partial charge in [0.05, 0.1) is 12.8 Å². The van der Waals surface area contributed by atoms with Gasteiger partial charge in [-0.3, -0.25) is 4.57 Å². The minimum Gasteiger partial charge on any atom is -0.377 e. The van der Waals surface area contributed by atoms with E-state index in [9.17, 15) is 4.57 Å². The minimum atomic E-state index is -3.89. The maximum atomic E-state index is 10.6. The lowest BCUT2D eigenvalue weighted by Gasteiger charge is -2.06. The van der Waals surface area contributed by atoms with E-state index < -0.39 is 7.60 Å². The van der Waals surface area contributed by atoms with Crippen LogP contribution >= 0.6 is 7.60 Å². The Balaban J connectivity index is 1.83. The molecule has 0 aliphatic carbocycles. The van der Waals surface area contributed by atoms with Crippen LogP contribution in [0.1, 0.15) is 12.0 Å². The summed E-state index contributed by atoms with van der Waals surface area (Å²) in [7, 11) is -3.89. The number of benzene rings is 2. The average Bonchev–Trinajstić information content (AvgIpc) is 2.37. The molecule has 0 atom stereocenters. The third kappa shape index (κ3) is 4.77. The van der Waals surface area contributed by atoms with E-state index in [0.29, 0.717) is 19.6 Å². The van der Waals surface area contributed by atoms with Gasteiger partial charge in [-0.1, -0.05) is 36.4 Å². The van der Waals surface area contributed by atoms with Crippen molar-refractivity contribution in [1.29, 1.82) is 0 Å². The van der Waals surface area contributed by atoms with Crippen LogP contribution in [-0.4, -0.2) is 22.6 Å². The van der Waals surface area contributed by atoms with Gasteiger partial charge in [-0.15, -0.1) is 0 Å². The van der Waals surface area contributed by atoms with Gasteiger partial charge < -0.3 is 14.5 Å². The summed E-state index contributed by atoms with van der Waals surface area (Å²) in [6, 6.07) is 14.2. The van der Waals surface area contributed by atoms with Crippen LogP contribution in [0, 0.1) is 0 Å². The molecule has 2 rings (SSSR count). The molecule has 0 spiro atoms. The second kappa shape index (κ2) is 6.31. The summed E-state index contributed by atoms with van der Waals surface area (Å²) in [6.07, 6.45) is 0.253. The van der Waals surface area contributed by atoms with E-state index in [1.807, 2.05) is 30.3 Å². The molecule has 0 radical (unpaired) electrons. The van der Waals surface area contributed by atoms with Gasteiger partial charge in [0, 0.05) is 6.61 Å². The Hall–Kier alpha value is -1.19. The standard InChI is InChI=1S/C14H17O4P/c15-19(16,17)9-3-8-18-11-12-6-7-13-4-1-2-5-14(13)10-12/h1-2,4-7,10H,3,8-9,11H2,(H2,15,16,17). The van der Waals surface area contributed by atoms with E-state index in [1.54, 1.807) is 0 Å². The Labute approximate surface area is 112 Å². The van der Waals surface area contributed by atoms with Gasteiger partial charge in [0.15, 0.2) is 0 Å². The Morgan fingerprint density at radius 2 is 1.79 bits per heavy atom. The molecule has 0 aromatic heterocycles. The molecule has 0 bridgehead atoms. The van der Waals surface area contributed by atoms with Gasteiger partial charge in [-0.25, -0.2) is 0 Å². The van der Waals surface area contributed by atoms with Crippen molar-refractivity contribution < 1.29 is 19.1 Å². The van der Waals surface area contributed by atoms with Crippen LogP contribution in [0.3, 0.4) is 0 Å². The van der Waals surface area contributed by atoms with Crippen molar-refractivity contribution in [3.8, 4) is 0 Å². The number of ether oxygens (including phenoxy) is 1. The SMILES string of the molecule is O=P(O)(O)CCCOCc1ccc2ccccc2c1. The molecule has 19 heavy (non-hydrogen) atoms. The topological polar surface area (TPSA) is 66.8 Å². The molecule has 0 saturated heterocycles. The molecule has 5 heteroatoms. The van der Waals surface area contributed by atoms with Crippen LogP contribution in [-0.2, 0) is 15.9 Å². The third-order valence-corrected chi connectivity index (χ3v) is 3.72. The minimum absolute atomic E-state index is 0.120. The Kier molecular flexibility index (Phi) is 4.72. The predicted octanol–water partition coefficient (Wildman–Crippen LogP) is 2.92. The fourth-order valence-electron chi connectivity index (χ4n) is 1.89.